The Morgan fingerprint density at radius 2 is 2.12 bits per heavy atom. The molecule has 2 aromatic rings. The molecule has 26 heavy (non-hydrogen) atoms. The van der Waals surface area contributed by atoms with Crippen LogP contribution in [0.25, 0.3) is 0 Å². The molecule has 4 heterocycles. The van der Waals surface area contributed by atoms with Crippen LogP contribution in [0.2, 0.25) is 0 Å². The van der Waals surface area contributed by atoms with Crippen LogP contribution in [0.1, 0.15) is 36.4 Å². The topological polar surface area (TPSA) is 42.2 Å². The highest BCUT2D eigenvalue weighted by molar-refractivity contribution is 9.10. The van der Waals surface area contributed by atoms with E-state index < -0.39 is 0 Å². The van der Waals surface area contributed by atoms with E-state index in [0.717, 1.165) is 53.8 Å². The summed E-state index contributed by atoms with van der Waals surface area (Å²) in [6.07, 6.45) is 6.60. The van der Waals surface area contributed by atoms with Crippen LogP contribution in [0.15, 0.2) is 52.3 Å². The number of pyridine rings is 1. The number of hydrogen-bond donors (Lipinski definition) is 1. The summed E-state index contributed by atoms with van der Waals surface area (Å²) >= 11 is 3.62. The van der Waals surface area contributed by atoms with Gasteiger partial charge in [0.05, 0.1) is 44.7 Å². The molecular formula is C20H22BrN4O+. The number of rotatable bonds is 1. The maximum absolute atomic E-state index is 6.63. The first-order valence-electron chi connectivity index (χ1n) is 9.22. The van der Waals surface area contributed by atoms with Gasteiger partial charge in [0.2, 0.25) is 5.72 Å². The minimum Gasteiger partial charge on any atom is -0.466 e. The van der Waals surface area contributed by atoms with Crippen molar-refractivity contribution in [3.8, 4) is 5.75 Å². The lowest BCUT2D eigenvalue weighted by Crippen LogP contribution is -3.11. The first-order chi connectivity index (χ1) is 12.6. The van der Waals surface area contributed by atoms with Gasteiger partial charge >= 0.3 is 0 Å². The monoisotopic (exact) mass is 413 g/mol. The van der Waals surface area contributed by atoms with Gasteiger partial charge in [-0.05, 0) is 24.3 Å². The minimum atomic E-state index is -0.324. The molecule has 1 saturated heterocycles. The number of hydrogen-bond acceptors (Lipinski definition) is 4. The summed E-state index contributed by atoms with van der Waals surface area (Å²) in [5.41, 5.74) is 3.10. The van der Waals surface area contributed by atoms with Crippen molar-refractivity contribution in [2.45, 2.75) is 31.0 Å². The van der Waals surface area contributed by atoms with Crippen LogP contribution in [-0.4, -0.2) is 41.6 Å². The number of quaternary nitrogens is 1. The van der Waals surface area contributed by atoms with Crippen LogP contribution in [0.4, 0.5) is 0 Å². The maximum atomic E-state index is 6.63. The molecule has 0 amide bonds. The lowest BCUT2D eigenvalue weighted by Gasteiger charge is -2.49. The summed E-state index contributed by atoms with van der Waals surface area (Å²) in [6, 6.07) is 10.7. The van der Waals surface area contributed by atoms with Gasteiger partial charge in [-0.15, -0.1) is 0 Å². The maximum Gasteiger partial charge on any atom is 0.208 e. The second-order valence-electron chi connectivity index (χ2n) is 7.54. The summed E-state index contributed by atoms with van der Waals surface area (Å²) in [5.74, 6) is 1.01. The van der Waals surface area contributed by atoms with E-state index in [4.69, 9.17) is 9.84 Å². The average molecular weight is 414 g/mol. The third kappa shape index (κ3) is 2.55. The summed E-state index contributed by atoms with van der Waals surface area (Å²) in [5, 5.41) is 7.33. The van der Waals surface area contributed by atoms with Crippen LogP contribution in [0.5, 0.6) is 5.75 Å². The molecular weight excluding hydrogens is 392 g/mol. The number of nitrogens with one attached hydrogen (secondary N) is 1. The molecule has 6 heteroatoms. The second kappa shape index (κ2) is 6.06. The molecule has 3 aliphatic rings. The van der Waals surface area contributed by atoms with E-state index >= 15 is 0 Å². The Kier molecular flexibility index (Phi) is 3.79. The second-order valence-corrected chi connectivity index (χ2v) is 8.46. The fraction of sp³-hybridized carbons (Fsp3) is 0.400. The molecule has 1 aromatic carbocycles. The van der Waals surface area contributed by atoms with Gasteiger partial charge in [-0.25, -0.2) is 5.01 Å². The Morgan fingerprint density at radius 3 is 2.88 bits per heavy atom. The van der Waals surface area contributed by atoms with Crippen LogP contribution in [0.3, 0.4) is 0 Å². The molecule has 0 unspecified atom stereocenters. The van der Waals surface area contributed by atoms with E-state index in [1.54, 1.807) is 4.90 Å². The number of fused-ring (bicyclic) bond motifs is 4. The Hall–Kier alpha value is -1.92. The van der Waals surface area contributed by atoms with Gasteiger partial charge in [0.15, 0.2) is 0 Å². The Bertz CT molecular complexity index is 861. The molecule has 5 nitrogen and oxygen atoms in total. The highest BCUT2D eigenvalue weighted by Crippen LogP contribution is 2.49. The van der Waals surface area contributed by atoms with E-state index in [0.29, 0.717) is 0 Å². The molecule has 3 aliphatic heterocycles. The van der Waals surface area contributed by atoms with Gasteiger partial charge < -0.3 is 9.64 Å². The zero-order valence-corrected chi connectivity index (χ0v) is 16.4. The third-order valence-electron chi connectivity index (χ3n) is 5.84. The van der Waals surface area contributed by atoms with E-state index in [1.165, 1.54) is 5.56 Å². The molecule has 1 N–H and O–H groups in total. The van der Waals surface area contributed by atoms with Gasteiger partial charge in [0.1, 0.15) is 5.75 Å². The van der Waals surface area contributed by atoms with Gasteiger partial charge in [0, 0.05) is 34.4 Å². The van der Waals surface area contributed by atoms with Crippen molar-refractivity contribution in [2.75, 3.05) is 20.1 Å². The van der Waals surface area contributed by atoms with E-state index in [-0.39, 0.29) is 11.8 Å². The number of nitrogens with zero attached hydrogens (tertiary/aromatic N) is 3. The minimum absolute atomic E-state index is 0.227. The van der Waals surface area contributed by atoms with E-state index in [2.05, 4.69) is 57.2 Å². The number of ether oxygens (including phenoxy) is 1. The van der Waals surface area contributed by atoms with Crippen LogP contribution < -0.4 is 9.64 Å². The normalized spacial score (nSPS) is 29.8. The van der Waals surface area contributed by atoms with Gasteiger partial charge in [0.25, 0.3) is 0 Å². The predicted octanol–water partition coefficient (Wildman–Crippen LogP) is 2.39. The first-order valence-corrected chi connectivity index (χ1v) is 10.0. The Balaban J connectivity index is 1.60. The highest BCUT2D eigenvalue weighted by atomic mass is 79.9. The van der Waals surface area contributed by atoms with Crippen LogP contribution in [-0.2, 0) is 0 Å². The number of halogens is 1. The predicted molar refractivity (Wildman–Crippen MR) is 103 cm³/mol. The zero-order valence-electron chi connectivity index (χ0n) is 14.8. The fourth-order valence-electron chi connectivity index (χ4n) is 4.36. The first kappa shape index (κ1) is 16.3. The van der Waals surface area contributed by atoms with Crippen molar-refractivity contribution >= 4 is 21.6 Å². The summed E-state index contributed by atoms with van der Waals surface area (Å²) in [6.45, 7) is 2.21. The standard InChI is InChI=1S/C20H21BrN4O/c1-24-9-6-20(7-10-24)25-18(16-11-15(21)4-5-19(16)26-20)12-17(23-25)14-3-2-8-22-13-14/h2-5,8,11,13,18H,6-7,9-10,12H2,1H3/p+1/t18-/m0/s1. The molecule has 1 atom stereocenters. The smallest absolute Gasteiger partial charge is 0.208 e. The summed E-state index contributed by atoms with van der Waals surface area (Å²) in [4.78, 5) is 5.84. The number of likely N-dealkylation sites (tertiary alicyclic amines) is 1. The van der Waals surface area contributed by atoms with Crippen molar-refractivity contribution in [3.05, 3.63) is 58.3 Å². The van der Waals surface area contributed by atoms with Crippen LogP contribution in [0, 0.1) is 0 Å². The van der Waals surface area contributed by atoms with Crippen LogP contribution >= 0.6 is 15.9 Å². The van der Waals surface area contributed by atoms with Crippen molar-refractivity contribution < 1.29 is 9.64 Å². The molecule has 0 aliphatic carbocycles. The summed E-state index contributed by atoms with van der Waals surface area (Å²) < 4.78 is 7.71. The van der Waals surface area contributed by atoms with E-state index in [1.807, 2.05) is 18.5 Å². The number of piperidine rings is 1. The lowest BCUT2D eigenvalue weighted by molar-refractivity contribution is -0.888. The lowest BCUT2D eigenvalue weighted by atomic mass is 9.91. The van der Waals surface area contributed by atoms with Crippen molar-refractivity contribution in [2.24, 2.45) is 5.10 Å². The van der Waals surface area contributed by atoms with Gasteiger partial charge in [-0.2, -0.15) is 5.10 Å². The van der Waals surface area contributed by atoms with Gasteiger partial charge in [-0.1, -0.05) is 22.0 Å². The fourth-order valence-corrected chi connectivity index (χ4v) is 4.74. The Morgan fingerprint density at radius 1 is 1.27 bits per heavy atom. The third-order valence-corrected chi connectivity index (χ3v) is 6.33. The largest absolute Gasteiger partial charge is 0.466 e. The SMILES string of the molecule is C[NH+]1CCC2(CC1)Oc1ccc(Br)cc1[C@@H]1CC(c3cccnc3)=NN12. The molecule has 0 saturated carbocycles. The van der Waals surface area contributed by atoms with Gasteiger partial charge in [-0.3, -0.25) is 4.98 Å². The number of aromatic nitrogens is 1. The molecule has 1 fully saturated rings. The molecule has 5 rings (SSSR count). The van der Waals surface area contributed by atoms with Crippen molar-refractivity contribution in [1.82, 2.24) is 9.99 Å². The number of benzene rings is 1. The quantitative estimate of drug-likeness (QED) is 0.780. The molecule has 134 valence electrons. The summed E-state index contributed by atoms with van der Waals surface area (Å²) in [7, 11) is 2.26. The average Bonchev–Trinajstić information content (AvgIpc) is 3.12. The van der Waals surface area contributed by atoms with Crippen molar-refractivity contribution in [1.29, 1.82) is 0 Å². The molecule has 0 bridgehead atoms. The zero-order chi connectivity index (χ0) is 17.7. The van der Waals surface area contributed by atoms with Crippen molar-refractivity contribution in [3.63, 3.8) is 0 Å². The Labute approximate surface area is 161 Å². The molecule has 1 spiro atoms. The highest BCUT2D eigenvalue weighted by Gasteiger charge is 2.52. The number of hydrazone groups is 1. The molecule has 1 aromatic heterocycles. The molecule has 0 radical (unpaired) electrons. The van der Waals surface area contributed by atoms with E-state index in [9.17, 15) is 0 Å².